The van der Waals surface area contributed by atoms with Gasteiger partial charge in [-0.25, -0.2) is 0 Å². The predicted molar refractivity (Wildman–Crippen MR) is 92.4 cm³/mol. The first-order valence-corrected chi connectivity index (χ1v) is 8.68. The number of nitrogens with one attached hydrogen (secondary N) is 1. The highest BCUT2D eigenvalue weighted by molar-refractivity contribution is 5.92. The molecule has 1 heterocycles. The first kappa shape index (κ1) is 16.9. The molecule has 2 aliphatic rings. The summed E-state index contributed by atoms with van der Waals surface area (Å²) in [6, 6.07) is 7.83. The number of hydrogen-bond acceptors (Lipinski definition) is 4. The van der Waals surface area contributed by atoms with Crippen molar-refractivity contribution in [1.29, 1.82) is 0 Å². The largest absolute Gasteiger partial charge is 0.366 e. The molecule has 1 saturated carbocycles. The molecule has 130 valence electrons. The fraction of sp³-hybridized carbons (Fsp3) is 0.556. The van der Waals surface area contributed by atoms with Gasteiger partial charge in [0, 0.05) is 44.3 Å². The smallest absolute Gasteiger partial charge is 0.248 e. The molecule has 1 saturated heterocycles. The normalized spacial score (nSPS) is 20.5. The molecule has 2 fully saturated rings. The van der Waals surface area contributed by atoms with Gasteiger partial charge in [0.2, 0.25) is 11.8 Å². The van der Waals surface area contributed by atoms with Crippen molar-refractivity contribution in [2.75, 3.05) is 26.2 Å². The third-order valence-electron chi connectivity index (χ3n) is 4.90. The van der Waals surface area contributed by atoms with Gasteiger partial charge >= 0.3 is 0 Å². The summed E-state index contributed by atoms with van der Waals surface area (Å²) < 4.78 is 0. The van der Waals surface area contributed by atoms with E-state index < -0.39 is 5.91 Å². The second kappa shape index (κ2) is 7.32. The number of benzene rings is 1. The Kier molecular flexibility index (Phi) is 5.16. The number of amides is 2. The van der Waals surface area contributed by atoms with Crippen molar-refractivity contribution >= 4 is 11.8 Å². The Labute approximate surface area is 143 Å². The number of piperazine rings is 1. The quantitative estimate of drug-likeness (QED) is 0.799. The summed E-state index contributed by atoms with van der Waals surface area (Å²) in [5, 5.41) is 3.08. The highest BCUT2D eigenvalue weighted by Crippen LogP contribution is 2.19. The third kappa shape index (κ3) is 4.33. The zero-order valence-corrected chi connectivity index (χ0v) is 14.2. The molecule has 1 aliphatic heterocycles. The van der Waals surface area contributed by atoms with Crippen molar-refractivity contribution in [3.63, 3.8) is 0 Å². The molecule has 6 heteroatoms. The van der Waals surface area contributed by atoms with Crippen LogP contribution in [0.5, 0.6) is 0 Å². The summed E-state index contributed by atoms with van der Waals surface area (Å²) in [7, 11) is 0. The number of carbonyl (C=O) groups is 2. The lowest BCUT2D eigenvalue weighted by molar-refractivity contribution is -0.126. The molecule has 1 aromatic carbocycles. The van der Waals surface area contributed by atoms with Crippen LogP contribution in [0.1, 0.15) is 35.7 Å². The molecule has 1 atom stereocenters. The van der Waals surface area contributed by atoms with Crippen LogP contribution in [0.15, 0.2) is 24.3 Å². The van der Waals surface area contributed by atoms with E-state index in [9.17, 15) is 9.59 Å². The zero-order valence-electron chi connectivity index (χ0n) is 14.2. The lowest BCUT2D eigenvalue weighted by Crippen LogP contribution is -2.53. The van der Waals surface area contributed by atoms with E-state index >= 15 is 0 Å². The van der Waals surface area contributed by atoms with Crippen LogP contribution in [-0.4, -0.2) is 59.9 Å². The molecule has 3 N–H and O–H groups in total. The molecule has 3 rings (SSSR count). The van der Waals surface area contributed by atoms with Crippen molar-refractivity contribution < 1.29 is 9.59 Å². The van der Waals surface area contributed by atoms with Crippen LogP contribution in [0.3, 0.4) is 0 Å². The monoisotopic (exact) mass is 330 g/mol. The minimum Gasteiger partial charge on any atom is -0.366 e. The van der Waals surface area contributed by atoms with Gasteiger partial charge in [0.15, 0.2) is 0 Å². The number of hydrogen-bond donors (Lipinski definition) is 2. The topological polar surface area (TPSA) is 78.7 Å². The van der Waals surface area contributed by atoms with Gasteiger partial charge in [0.1, 0.15) is 0 Å². The van der Waals surface area contributed by atoms with E-state index in [0.29, 0.717) is 11.6 Å². The maximum Gasteiger partial charge on any atom is 0.248 e. The third-order valence-corrected chi connectivity index (χ3v) is 4.90. The van der Waals surface area contributed by atoms with Crippen molar-refractivity contribution in [2.45, 2.75) is 38.4 Å². The standard InChI is InChI=1S/C18H26N4O2/c1-13(18(24)20-16-6-7-16)22-10-8-21(9-11-22)12-14-2-4-15(5-3-14)17(19)23/h2-5,13,16H,6-12H2,1H3,(H2,19,23)(H,20,24). The summed E-state index contributed by atoms with van der Waals surface area (Å²) in [6.45, 7) is 6.54. The van der Waals surface area contributed by atoms with E-state index in [1.807, 2.05) is 19.1 Å². The van der Waals surface area contributed by atoms with Gasteiger partial charge in [-0.05, 0) is 37.5 Å². The Morgan fingerprint density at radius 1 is 1.17 bits per heavy atom. The van der Waals surface area contributed by atoms with Crippen molar-refractivity contribution in [1.82, 2.24) is 15.1 Å². The second-order valence-corrected chi connectivity index (χ2v) is 6.83. The summed E-state index contributed by atoms with van der Waals surface area (Å²) in [6.07, 6.45) is 2.25. The highest BCUT2D eigenvalue weighted by Gasteiger charge is 2.29. The first-order valence-electron chi connectivity index (χ1n) is 8.68. The van der Waals surface area contributed by atoms with E-state index in [1.54, 1.807) is 12.1 Å². The zero-order chi connectivity index (χ0) is 17.1. The van der Waals surface area contributed by atoms with Gasteiger partial charge < -0.3 is 11.1 Å². The lowest BCUT2D eigenvalue weighted by atomic mass is 10.1. The van der Waals surface area contributed by atoms with Crippen molar-refractivity contribution in [3.05, 3.63) is 35.4 Å². The lowest BCUT2D eigenvalue weighted by Gasteiger charge is -2.37. The number of nitrogens with two attached hydrogens (primary N) is 1. The van der Waals surface area contributed by atoms with Crippen LogP contribution in [0.4, 0.5) is 0 Å². The number of primary amides is 1. The Morgan fingerprint density at radius 3 is 2.33 bits per heavy atom. The predicted octanol–water partition coefficient (Wildman–Crippen LogP) is 0.570. The van der Waals surface area contributed by atoms with Gasteiger partial charge in [-0.3, -0.25) is 19.4 Å². The summed E-state index contributed by atoms with van der Waals surface area (Å²) in [5.74, 6) is -0.235. The molecule has 1 aromatic rings. The number of rotatable bonds is 6. The van der Waals surface area contributed by atoms with Crippen LogP contribution in [0.25, 0.3) is 0 Å². The molecule has 0 aromatic heterocycles. The molecular weight excluding hydrogens is 304 g/mol. The van der Waals surface area contributed by atoms with E-state index in [2.05, 4.69) is 15.1 Å². The molecule has 0 spiro atoms. The molecule has 6 nitrogen and oxygen atoms in total. The molecule has 0 radical (unpaired) electrons. The molecule has 1 aliphatic carbocycles. The van der Waals surface area contributed by atoms with Crippen LogP contribution < -0.4 is 11.1 Å². The first-order chi connectivity index (χ1) is 11.5. The van der Waals surface area contributed by atoms with Crippen LogP contribution >= 0.6 is 0 Å². The Balaban J connectivity index is 1.46. The SMILES string of the molecule is CC(C(=O)NC1CC1)N1CCN(Cc2ccc(C(N)=O)cc2)CC1. The fourth-order valence-corrected chi connectivity index (χ4v) is 3.06. The molecule has 2 amide bonds. The van der Waals surface area contributed by atoms with Crippen molar-refractivity contribution in [3.8, 4) is 0 Å². The Morgan fingerprint density at radius 2 is 1.79 bits per heavy atom. The van der Waals surface area contributed by atoms with Crippen LogP contribution in [0.2, 0.25) is 0 Å². The summed E-state index contributed by atoms with van der Waals surface area (Å²) in [5.41, 5.74) is 6.98. The molecule has 1 unspecified atom stereocenters. The van der Waals surface area contributed by atoms with Crippen LogP contribution in [-0.2, 0) is 11.3 Å². The Bertz CT molecular complexity index is 590. The van der Waals surface area contributed by atoms with Gasteiger partial charge in [0.05, 0.1) is 6.04 Å². The van der Waals surface area contributed by atoms with Crippen LogP contribution in [0, 0.1) is 0 Å². The van der Waals surface area contributed by atoms with E-state index in [1.165, 1.54) is 5.56 Å². The van der Waals surface area contributed by atoms with Gasteiger partial charge in [-0.2, -0.15) is 0 Å². The average Bonchev–Trinajstić information content (AvgIpc) is 3.39. The average molecular weight is 330 g/mol. The van der Waals surface area contributed by atoms with Gasteiger partial charge in [0.25, 0.3) is 0 Å². The molecule has 0 bridgehead atoms. The number of nitrogens with zero attached hydrogens (tertiary/aromatic N) is 2. The van der Waals surface area contributed by atoms with E-state index in [4.69, 9.17) is 5.73 Å². The Hall–Kier alpha value is -1.92. The molecular formula is C18H26N4O2. The van der Waals surface area contributed by atoms with E-state index in [-0.39, 0.29) is 11.9 Å². The highest BCUT2D eigenvalue weighted by atomic mass is 16.2. The van der Waals surface area contributed by atoms with Gasteiger partial charge in [-0.15, -0.1) is 0 Å². The fourth-order valence-electron chi connectivity index (χ4n) is 3.06. The van der Waals surface area contributed by atoms with Gasteiger partial charge in [-0.1, -0.05) is 12.1 Å². The van der Waals surface area contributed by atoms with Crippen molar-refractivity contribution in [2.24, 2.45) is 5.73 Å². The summed E-state index contributed by atoms with van der Waals surface area (Å²) >= 11 is 0. The number of carbonyl (C=O) groups excluding carboxylic acids is 2. The maximum absolute atomic E-state index is 12.1. The minimum absolute atomic E-state index is 0.0531. The second-order valence-electron chi connectivity index (χ2n) is 6.83. The van der Waals surface area contributed by atoms with E-state index in [0.717, 1.165) is 45.6 Å². The maximum atomic E-state index is 12.1. The minimum atomic E-state index is -0.395. The summed E-state index contributed by atoms with van der Waals surface area (Å²) in [4.78, 5) is 27.9. The molecule has 24 heavy (non-hydrogen) atoms.